The second-order valence-electron chi connectivity index (χ2n) is 4.21. The van der Waals surface area contributed by atoms with Crippen molar-refractivity contribution in [2.45, 2.75) is 6.04 Å². The Morgan fingerprint density at radius 2 is 2.35 bits per heavy atom. The van der Waals surface area contributed by atoms with Gasteiger partial charge in [0.1, 0.15) is 11.2 Å². The molecular weight excluding hydrogens is 262 g/mol. The minimum absolute atomic E-state index is 0.0803. The summed E-state index contributed by atoms with van der Waals surface area (Å²) in [6, 6.07) is 4.54. The van der Waals surface area contributed by atoms with Gasteiger partial charge in [-0.15, -0.1) is 0 Å². The van der Waals surface area contributed by atoms with Crippen LogP contribution in [0.5, 0.6) is 0 Å². The first-order valence-electron chi connectivity index (χ1n) is 6.04. The van der Waals surface area contributed by atoms with Crippen LogP contribution in [-0.4, -0.2) is 46.8 Å². The molecule has 0 radical (unpaired) electrons. The fraction of sp³-hybridized carbons (Fsp3) is 0.308. The van der Waals surface area contributed by atoms with Crippen molar-refractivity contribution in [2.24, 2.45) is 0 Å². The third-order valence-electron chi connectivity index (χ3n) is 2.78. The summed E-state index contributed by atoms with van der Waals surface area (Å²) < 4.78 is 6.15. The number of amides is 1. The average molecular weight is 277 g/mol. The van der Waals surface area contributed by atoms with E-state index in [-0.39, 0.29) is 18.8 Å². The zero-order valence-electron chi connectivity index (χ0n) is 10.9. The highest BCUT2D eigenvalue weighted by Gasteiger charge is 2.17. The minimum atomic E-state index is -0.586. The molecule has 1 atom stereocenters. The maximum absolute atomic E-state index is 12.2. The Labute approximate surface area is 114 Å². The van der Waals surface area contributed by atoms with Crippen molar-refractivity contribution in [1.29, 1.82) is 0 Å². The molecule has 0 saturated heterocycles. The first-order valence-corrected chi connectivity index (χ1v) is 6.04. The number of ether oxygens (including phenoxy) is 1. The third kappa shape index (κ3) is 2.84. The van der Waals surface area contributed by atoms with E-state index in [1.807, 2.05) is 0 Å². The van der Waals surface area contributed by atoms with Crippen molar-refractivity contribution in [1.82, 2.24) is 14.7 Å². The number of carbonyl (C=O) groups excluding carboxylic acids is 1. The number of aliphatic hydroxyl groups excluding tert-OH is 1. The van der Waals surface area contributed by atoms with E-state index >= 15 is 0 Å². The van der Waals surface area contributed by atoms with Gasteiger partial charge in [-0.3, -0.25) is 14.0 Å². The zero-order valence-corrected chi connectivity index (χ0v) is 10.9. The van der Waals surface area contributed by atoms with E-state index in [1.54, 1.807) is 24.4 Å². The second-order valence-corrected chi connectivity index (χ2v) is 4.21. The summed E-state index contributed by atoms with van der Waals surface area (Å²) in [7, 11) is 1.46. The zero-order chi connectivity index (χ0) is 14.5. The Morgan fingerprint density at radius 3 is 3.05 bits per heavy atom. The molecule has 20 heavy (non-hydrogen) atoms. The van der Waals surface area contributed by atoms with Crippen molar-refractivity contribution in [3.63, 3.8) is 0 Å². The molecule has 7 nitrogen and oxygen atoms in total. The molecule has 1 amide bonds. The largest absolute Gasteiger partial charge is 0.394 e. The van der Waals surface area contributed by atoms with Gasteiger partial charge in [-0.25, -0.2) is 4.98 Å². The first kappa shape index (κ1) is 14.2. The monoisotopic (exact) mass is 277 g/mol. The van der Waals surface area contributed by atoms with Gasteiger partial charge < -0.3 is 15.2 Å². The summed E-state index contributed by atoms with van der Waals surface area (Å²) in [5.74, 6) is -0.586. The van der Waals surface area contributed by atoms with Gasteiger partial charge in [0, 0.05) is 19.5 Å². The first-order chi connectivity index (χ1) is 9.67. The Hall–Kier alpha value is -2.25. The van der Waals surface area contributed by atoms with E-state index in [1.165, 1.54) is 17.7 Å². The van der Waals surface area contributed by atoms with E-state index in [0.29, 0.717) is 5.65 Å². The average Bonchev–Trinajstić information content (AvgIpc) is 2.47. The number of fused-ring (bicyclic) bond motifs is 1. The Morgan fingerprint density at radius 1 is 1.55 bits per heavy atom. The molecule has 2 aromatic heterocycles. The molecule has 0 aliphatic carbocycles. The van der Waals surface area contributed by atoms with E-state index in [0.717, 1.165) is 0 Å². The molecule has 106 valence electrons. The number of hydrogen-bond acceptors (Lipinski definition) is 5. The number of aliphatic hydroxyl groups is 1. The van der Waals surface area contributed by atoms with Crippen LogP contribution in [0.1, 0.15) is 10.4 Å². The molecule has 0 bridgehead atoms. The summed E-state index contributed by atoms with van der Waals surface area (Å²) in [4.78, 5) is 28.2. The van der Waals surface area contributed by atoms with Crippen molar-refractivity contribution in [3.8, 4) is 0 Å². The lowest BCUT2D eigenvalue weighted by Crippen LogP contribution is -2.42. The molecule has 0 saturated carbocycles. The molecule has 2 rings (SSSR count). The summed E-state index contributed by atoms with van der Waals surface area (Å²) >= 11 is 0. The van der Waals surface area contributed by atoms with Crippen LogP contribution in [0, 0.1) is 0 Å². The second kappa shape index (κ2) is 6.27. The van der Waals surface area contributed by atoms with Crippen LogP contribution in [0.15, 0.2) is 35.4 Å². The molecule has 1 unspecified atom stereocenters. The Balaban J connectivity index is 2.31. The standard InChI is InChI=1S/C13H15N3O4/c1-20-8-9(7-17)15-12(18)10-6-14-11-4-2-3-5-16(11)13(10)19/h2-6,9,17H,7-8H2,1H3,(H,15,18). The van der Waals surface area contributed by atoms with Gasteiger partial charge in [-0.1, -0.05) is 6.07 Å². The number of carbonyl (C=O) groups is 1. The van der Waals surface area contributed by atoms with Crippen LogP contribution in [0.4, 0.5) is 0 Å². The van der Waals surface area contributed by atoms with Gasteiger partial charge in [-0.05, 0) is 12.1 Å². The highest BCUT2D eigenvalue weighted by molar-refractivity contribution is 5.93. The summed E-state index contributed by atoms with van der Waals surface area (Å²) in [5.41, 5.74) is -0.0740. The van der Waals surface area contributed by atoms with Crippen LogP contribution < -0.4 is 10.9 Å². The molecule has 7 heteroatoms. The normalized spacial score (nSPS) is 12.3. The third-order valence-corrected chi connectivity index (χ3v) is 2.78. The van der Waals surface area contributed by atoms with Gasteiger partial charge in [0.15, 0.2) is 0 Å². The summed E-state index contributed by atoms with van der Waals surface area (Å²) in [6.45, 7) is -0.119. The lowest BCUT2D eigenvalue weighted by Gasteiger charge is -2.14. The van der Waals surface area contributed by atoms with E-state index < -0.39 is 17.5 Å². The fourth-order valence-corrected chi connectivity index (χ4v) is 1.79. The van der Waals surface area contributed by atoms with E-state index in [9.17, 15) is 9.59 Å². The summed E-state index contributed by atoms with van der Waals surface area (Å²) in [5, 5.41) is 11.6. The molecule has 0 aliphatic rings. The van der Waals surface area contributed by atoms with Crippen LogP contribution in [0.25, 0.3) is 5.65 Å². The maximum atomic E-state index is 12.2. The van der Waals surface area contributed by atoms with Crippen molar-refractivity contribution >= 4 is 11.6 Å². The predicted molar refractivity (Wildman–Crippen MR) is 71.7 cm³/mol. The number of rotatable bonds is 5. The number of nitrogens with zero attached hydrogens (tertiary/aromatic N) is 2. The van der Waals surface area contributed by atoms with Gasteiger partial charge in [0.05, 0.1) is 19.3 Å². The number of aromatic nitrogens is 2. The van der Waals surface area contributed by atoms with Crippen LogP contribution in [0.3, 0.4) is 0 Å². The van der Waals surface area contributed by atoms with Crippen molar-refractivity contribution in [3.05, 3.63) is 46.5 Å². The molecule has 0 aliphatic heterocycles. The van der Waals surface area contributed by atoms with Gasteiger partial charge in [-0.2, -0.15) is 0 Å². The van der Waals surface area contributed by atoms with Gasteiger partial charge >= 0.3 is 0 Å². The van der Waals surface area contributed by atoms with Crippen molar-refractivity contribution < 1.29 is 14.6 Å². The molecule has 2 N–H and O–H groups in total. The van der Waals surface area contributed by atoms with Crippen molar-refractivity contribution in [2.75, 3.05) is 20.3 Å². The summed E-state index contributed by atoms with van der Waals surface area (Å²) in [6.07, 6.45) is 2.77. The molecule has 2 heterocycles. The topological polar surface area (TPSA) is 92.9 Å². The lowest BCUT2D eigenvalue weighted by molar-refractivity contribution is 0.0838. The molecular formula is C13H15N3O4. The fourth-order valence-electron chi connectivity index (χ4n) is 1.79. The Kier molecular flexibility index (Phi) is 4.44. The predicted octanol–water partition coefficient (Wildman–Crippen LogP) is -0.568. The SMILES string of the molecule is COCC(CO)NC(=O)c1cnc2ccccn2c1=O. The van der Waals surface area contributed by atoms with Crippen LogP contribution in [-0.2, 0) is 4.74 Å². The van der Waals surface area contributed by atoms with E-state index in [4.69, 9.17) is 9.84 Å². The Bertz CT molecular complexity index is 668. The smallest absolute Gasteiger partial charge is 0.270 e. The molecule has 2 aromatic rings. The molecule has 0 aromatic carbocycles. The minimum Gasteiger partial charge on any atom is -0.394 e. The molecule has 0 spiro atoms. The van der Waals surface area contributed by atoms with E-state index in [2.05, 4.69) is 10.3 Å². The highest BCUT2D eigenvalue weighted by atomic mass is 16.5. The van der Waals surface area contributed by atoms with Gasteiger partial charge in [0.2, 0.25) is 0 Å². The molecule has 0 fully saturated rings. The number of nitrogens with one attached hydrogen (secondary N) is 1. The number of hydrogen-bond donors (Lipinski definition) is 2. The number of pyridine rings is 1. The lowest BCUT2D eigenvalue weighted by atomic mass is 10.2. The van der Waals surface area contributed by atoms with Crippen LogP contribution >= 0.6 is 0 Å². The quantitative estimate of drug-likeness (QED) is 0.763. The number of methoxy groups -OCH3 is 1. The maximum Gasteiger partial charge on any atom is 0.270 e. The highest BCUT2D eigenvalue weighted by Crippen LogP contribution is 1.98. The van der Waals surface area contributed by atoms with Gasteiger partial charge in [0.25, 0.3) is 11.5 Å². The van der Waals surface area contributed by atoms with Crippen LogP contribution in [0.2, 0.25) is 0 Å².